The molecule has 1 saturated heterocycles. The van der Waals surface area contributed by atoms with Crippen LogP contribution in [0.5, 0.6) is 0 Å². The normalized spacial score (nSPS) is 18.3. The molecule has 26 heavy (non-hydrogen) atoms. The molecule has 2 amide bonds. The van der Waals surface area contributed by atoms with Crippen LogP contribution in [0, 0.1) is 0 Å². The Balaban J connectivity index is 1.56. The summed E-state index contributed by atoms with van der Waals surface area (Å²) >= 11 is 1.48. The van der Waals surface area contributed by atoms with Crippen molar-refractivity contribution in [3.8, 4) is 0 Å². The van der Waals surface area contributed by atoms with E-state index in [1.165, 1.54) is 17.5 Å². The highest BCUT2D eigenvalue weighted by atomic mass is 32.1. The molecular formula is C18H21N3O4S. The molecule has 3 rings (SSSR count). The molecular weight excluding hydrogens is 354 g/mol. The number of aliphatic hydroxyl groups is 1. The molecule has 8 heteroatoms. The number of aliphatic hydroxyl groups excluding tert-OH is 1. The lowest BCUT2D eigenvalue weighted by Gasteiger charge is -2.36. The van der Waals surface area contributed by atoms with Gasteiger partial charge in [-0.2, -0.15) is 0 Å². The van der Waals surface area contributed by atoms with E-state index in [4.69, 9.17) is 4.74 Å². The fourth-order valence-corrected chi connectivity index (χ4v) is 3.60. The first-order valence-corrected chi connectivity index (χ1v) is 9.31. The van der Waals surface area contributed by atoms with Crippen molar-refractivity contribution in [2.75, 3.05) is 26.3 Å². The third-order valence-corrected chi connectivity index (χ3v) is 5.19. The van der Waals surface area contributed by atoms with Gasteiger partial charge in [-0.25, -0.2) is 0 Å². The molecule has 0 bridgehead atoms. The fraction of sp³-hybridized carbons (Fsp3) is 0.389. The molecule has 7 nitrogen and oxygen atoms in total. The summed E-state index contributed by atoms with van der Waals surface area (Å²) in [6, 6.07) is 8.57. The number of hydrogen-bond donors (Lipinski definition) is 2. The van der Waals surface area contributed by atoms with E-state index in [0.717, 1.165) is 4.88 Å². The summed E-state index contributed by atoms with van der Waals surface area (Å²) in [5, 5.41) is 14.9. The Morgan fingerprint density at radius 3 is 3.00 bits per heavy atom. The quantitative estimate of drug-likeness (QED) is 0.792. The average molecular weight is 375 g/mol. The molecule has 0 unspecified atom stereocenters. The number of carbonyl (C=O) groups is 2. The molecule has 0 saturated carbocycles. The van der Waals surface area contributed by atoms with Crippen LogP contribution in [-0.2, 0) is 9.53 Å². The molecule has 2 atom stereocenters. The van der Waals surface area contributed by atoms with Gasteiger partial charge >= 0.3 is 0 Å². The zero-order valence-electron chi connectivity index (χ0n) is 14.2. The largest absolute Gasteiger partial charge is 0.387 e. The van der Waals surface area contributed by atoms with Crippen LogP contribution in [0.1, 0.15) is 27.9 Å². The molecule has 3 heterocycles. The molecule has 1 aliphatic heterocycles. The first-order chi connectivity index (χ1) is 12.6. The predicted molar refractivity (Wildman–Crippen MR) is 96.8 cm³/mol. The predicted octanol–water partition coefficient (Wildman–Crippen LogP) is 1.22. The molecule has 1 fully saturated rings. The van der Waals surface area contributed by atoms with E-state index in [1.54, 1.807) is 23.1 Å². The molecule has 0 aromatic carbocycles. The minimum atomic E-state index is -0.639. The Morgan fingerprint density at radius 2 is 2.27 bits per heavy atom. The lowest BCUT2D eigenvalue weighted by molar-refractivity contribution is -0.140. The van der Waals surface area contributed by atoms with Crippen LogP contribution in [0.15, 0.2) is 41.9 Å². The highest BCUT2D eigenvalue weighted by Crippen LogP contribution is 2.25. The summed E-state index contributed by atoms with van der Waals surface area (Å²) < 4.78 is 5.48. The molecule has 2 aromatic rings. The van der Waals surface area contributed by atoms with Crippen molar-refractivity contribution in [3.05, 3.63) is 52.5 Å². The molecule has 2 aromatic heterocycles. The number of nitrogens with one attached hydrogen (secondary N) is 1. The molecule has 2 N–H and O–H groups in total. The van der Waals surface area contributed by atoms with E-state index in [2.05, 4.69) is 10.3 Å². The number of morpholine rings is 1. The molecule has 0 aliphatic carbocycles. The molecule has 0 radical (unpaired) electrons. The van der Waals surface area contributed by atoms with Crippen molar-refractivity contribution in [1.29, 1.82) is 0 Å². The van der Waals surface area contributed by atoms with Crippen LogP contribution < -0.4 is 5.32 Å². The minimum absolute atomic E-state index is 0.110. The van der Waals surface area contributed by atoms with Gasteiger partial charge in [0.05, 0.1) is 31.9 Å². The Labute approximate surface area is 155 Å². The number of hydrogen-bond acceptors (Lipinski definition) is 6. The monoisotopic (exact) mass is 375 g/mol. The van der Waals surface area contributed by atoms with Gasteiger partial charge in [0.2, 0.25) is 5.91 Å². The third-order valence-electron chi connectivity index (χ3n) is 4.21. The van der Waals surface area contributed by atoms with E-state index in [0.29, 0.717) is 26.2 Å². The maximum atomic E-state index is 12.6. The summed E-state index contributed by atoms with van der Waals surface area (Å²) in [6.07, 6.45) is 1.29. The Kier molecular flexibility index (Phi) is 6.32. The van der Waals surface area contributed by atoms with Crippen LogP contribution in [0.4, 0.5) is 0 Å². The number of amides is 2. The van der Waals surface area contributed by atoms with Crippen LogP contribution in [0.3, 0.4) is 0 Å². The number of aromatic nitrogens is 1. The van der Waals surface area contributed by atoms with Gasteiger partial charge in [0.25, 0.3) is 5.91 Å². The topological polar surface area (TPSA) is 91.8 Å². The highest BCUT2D eigenvalue weighted by Gasteiger charge is 2.29. The van der Waals surface area contributed by atoms with Crippen LogP contribution in [0.2, 0.25) is 0 Å². The van der Waals surface area contributed by atoms with Crippen LogP contribution in [0.25, 0.3) is 0 Å². The van der Waals surface area contributed by atoms with Crippen LogP contribution >= 0.6 is 11.3 Å². The van der Waals surface area contributed by atoms with Crippen LogP contribution in [-0.4, -0.2) is 59.1 Å². The highest BCUT2D eigenvalue weighted by molar-refractivity contribution is 7.10. The van der Waals surface area contributed by atoms with Gasteiger partial charge in [0.1, 0.15) is 5.69 Å². The van der Waals surface area contributed by atoms with Gasteiger partial charge in [-0.05, 0) is 23.6 Å². The Bertz CT molecular complexity index is 723. The number of thiophene rings is 1. The number of ether oxygens (including phenoxy) is 1. The maximum Gasteiger partial charge on any atom is 0.270 e. The van der Waals surface area contributed by atoms with E-state index in [9.17, 15) is 14.7 Å². The average Bonchev–Trinajstić information content (AvgIpc) is 3.22. The summed E-state index contributed by atoms with van der Waals surface area (Å²) in [5.74, 6) is -0.580. The number of nitrogens with zero attached hydrogens (tertiary/aromatic N) is 2. The number of rotatable bonds is 6. The van der Waals surface area contributed by atoms with Gasteiger partial charge in [-0.1, -0.05) is 12.1 Å². The second-order valence-corrected chi connectivity index (χ2v) is 6.96. The van der Waals surface area contributed by atoms with Crippen molar-refractivity contribution in [1.82, 2.24) is 15.2 Å². The van der Waals surface area contributed by atoms with E-state index in [-0.39, 0.29) is 30.1 Å². The van der Waals surface area contributed by atoms with E-state index < -0.39 is 6.10 Å². The fourth-order valence-electron chi connectivity index (χ4n) is 2.88. The first kappa shape index (κ1) is 18.5. The second-order valence-electron chi connectivity index (χ2n) is 5.98. The second kappa shape index (κ2) is 8.88. The van der Waals surface area contributed by atoms with Crippen molar-refractivity contribution in [2.45, 2.75) is 18.6 Å². The van der Waals surface area contributed by atoms with Crippen molar-refractivity contribution in [2.24, 2.45) is 0 Å². The minimum Gasteiger partial charge on any atom is -0.387 e. The first-order valence-electron chi connectivity index (χ1n) is 8.43. The lowest BCUT2D eigenvalue weighted by atomic mass is 10.1. The van der Waals surface area contributed by atoms with Gasteiger partial charge in [-0.3, -0.25) is 14.6 Å². The smallest absolute Gasteiger partial charge is 0.270 e. The lowest BCUT2D eigenvalue weighted by Crippen LogP contribution is -2.52. The van der Waals surface area contributed by atoms with Gasteiger partial charge in [0.15, 0.2) is 0 Å². The SMILES string of the molecule is O=C(NCC(=O)N1CCOC[C@@H]1C[C@H](O)c1cccs1)c1ccccn1. The summed E-state index contributed by atoms with van der Waals surface area (Å²) in [4.78, 5) is 31.1. The summed E-state index contributed by atoms with van der Waals surface area (Å²) in [5.41, 5.74) is 0.270. The molecule has 1 aliphatic rings. The van der Waals surface area contributed by atoms with E-state index >= 15 is 0 Å². The van der Waals surface area contributed by atoms with E-state index in [1.807, 2.05) is 17.5 Å². The number of pyridine rings is 1. The zero-order chi connectivity index (χ0) is 18.4. The van der Waals surface area contributed by atoms with Gasteiger partial charge < -0.3 is 20.1 Å². The Morgan fingerprint density at radius 1 is 1.38 bits per heavy atom. The van der Waals surface area contributed by atoms with Crippen molar-refractivity contribution in [3.63, 3.8) is 0 Å². The molecule has 0 spiro atoms. The summed E-state index contributed by atoms with van der Waals surface area (Å²) in [6.45, 7) is 1.16. The van der Waals surface area contributed by atoms with Crippen molar-refractivity contribution < 1.29 is 19.4 Å². The zero-order valence-corrected chi connectivity index (χ0v) is 15.0. The summed E-state index contributed by atoms with van der Waals surface area (Å²) in [7, 11) is 0. The standard InChI is InChI=1S/C18H21N3O4S/c22-15(16-5-3-9-26-16)10-13-12-25-8-7-21(13)17(23)11-20-18(24)14-4-1-2-6-19-14/h1-6,9,13,15,22H,7-8,10-12H2,(H,20,24)/t13-,15-/m0/s1. The third kappa shape index (κ3) is 4.66. The Hall–Kier alpha value is -2.29. The van der Waals surface area contributed by atoms with Crippen molar-refractivity contribution >= 4 is 23.2 Å². The maximum absolute atomic E-state index is 12.6. The molecule has 138 valence electrons. The van der Waals surface area contributed by atoms with Gasteiger partial charge in [0, 0.05) is 24.0 Å². The van der Waals surface area contributed by atoms with Gasteiger partial charge in [-0.15, -0.1) is 11.3 Å². The number of carbonyl (C=O) groups excluding carboxylic acids is 2.